The third-order valence-electron chi connectivity index (χ3n) is 5.06. The topological polar surface area (TPSA) is 110 Å². The number of ketones is 3. The van der Waals surface area contributed by atoms with E-state index in [0.29, 0.717) is 17.8 Å². The van der Waals surface area contributed by atoms with Gasteiger partial charge in [-0.1, -0.05) is 25.5 Å². The first-order valence-electron chi connectivity index (χ1n) is 10.8. The van der Waals surface area contributed by atoms with E-state index in [4.69, 9.17) is 4.74 Å². The number of hydrogen-bond donors (Lipinski definition) is 1. The van der Waals surface area contributed by atoms with Crippen molar-refractivity contribution >= 4 is 34.9 Å². The molecule has 0 aliphatic heterocycles. The van der Waals surface area contributed by atoms with E-state index in [2.05, 4.69) is 5.32 Å². The van der Waals surface area contributed by atoms with Gasteiger partial charge in [0.15, 0.2) is 0 Å². The van der Waals surface area contributed by atoms with E-state index in [-0.39, 0.29) is 61.1 Å². The summed E-state index contributed by atoms with van der Waals surface area (Å²) in [7, 11) is 1.59. The van der Waals surface area contributed by atoms with Crippen LogP contribution in [0.1, 0.15) is 52.0 Å². The van der Waals surface area contributed by atoms with Crippen LogP contribution in [0.3, 0.4) is 0 Å². The lowest BCUT2D eigenvalue weighted by Gasteiger charge is -2.18. The van der Waals surface area contributed by atoms with Crippen molar-refractivity contribution in [3.05, 3.63) is 29.8 Å². The minimum atomic E-state index is -0.330. The number of hydrogen-bond acceptors (Lipinski definition) is 6. The molecule has 0 aliphatic carbocycles. The van der Waals surface area contributed by atoms with Crippen molar-refractivity contribution < 1.29 is 28.7 Å². The van der Waals surface area contributed by atoms with Crippen molar-refractivity contribution in [3.8, 4) is 0 Å². The molecule has 1 rings (SSSR count). The molecule has 1 aromatic rings. The highest BCUT2D eigenvalue weighted by Crippen LogP contribution is 2.16. The normalized spacial score (nSPS) is 11.5. The number of amides is 2. The Morgan fingerprint density at radius 1 is 1.06 bits per heavy atom. The van der Waals surface area contributed by atoms with E-state index >= 15 is 0 Å². The summed E-state index contributed by atoms with van der Waals surface area (Å²) in [6, 6.07) is 6.95. The number of nitrogens with zero attached hydrogens (tertiary/aromatic N) is 1. The van der Waals surface area contributed by atoms with Gasteiger partial charge in [0, 0.05) is 31.6 Å². The Morgan fingerprint density at radius 3 is 2.44 bits per heavy atom. The third-order valence-corrected chi connectivity index (χ3v) is 5.06. The number of carbonyl (C=O) groups is 5. The molecule has 0 radical (unpaired) electrons. The Balaban J connectivity index is 2.35. The van der Waals surface area contributed by atoms with Gasteiger partial charge >= 0.3 is 0 Å². The maximum absolute atomic E-state index is 12.4. The standard InChI is InChI=1S/C24H34N2O6/c1-17(19(3)28)8-5-6-11-25-23(30)15-32-16-24(31)26(4)21-10-7-9-20(13-21)14-22(29)12-18(2)27/h7,9-10,13,17H,5-6,8,11-12,14-16H2,1-4H3,(H,25,30). The lowest BCUT2D eigenvalue weighted by atomic mass is 10.0. The number of rotatable bonds is 15. The minimum absolute atomic E-state index is 0.0405. The second-order valence-electron chi connectivity index (χ2n) is 8.07. The Kier molecular flexibility index (Phi) is 12.1. The first-order chi connectivity index (χ1) is 15.1. The molecule has 1 unspecified atom stereocenters. The predicted molar refractivity (Wildman–Crippen MR) is 121 cm³/mol. The molecular formula is C24H34N2O6. The average molecular weight is 447 g/mol. The highest BCUT2D eigenvalue weighted by atomic mass is 16.5. The summed E-state index contributed by atoms with van der Waals surface area (Å²) >= 11 is 0. The molecule has 1 atom stereocenters. The van der Waals surface area contributed by atoms with Crippen LogP contribution in [0.5, 0.6) is 0 Å². The molecular weight excluding hydrogens is 412 g/mol. The predicted octanol–water partition coefficient (Wildman–Crippen LogP) is 2.27. The van der Waals surface area contributed by atoms with Crippen LogP contribution >= 0.6 is 0 Å². The summed E-state index contributed by atoms with van der Waals surface area (Å²) < 4.78 is 5.23. The number of nitrogens with one attached hydrogen (secondary N) is 1. The molecule has 0 aliphatic rings. The molecule has 8 nitrogen and oxygen atoms in total. The van der Waals surface area contributed by atoms with Crippen molar-refractivity contribution in [1.29, 1.82) is 0 Å². The fourth-order valence-corrected chi connectivity index (χ4v) is 2.97. The SMILES string of the molecule is CC(=O)CC(=O)Cc1cccc(N(C)C(=O)COCC(=O)NCCCCC(C)C(C)=O)c1. The second-order valence-corrected chi connectivity index (χ2v) is 8.07. The van der Waals surface area contributed by atoms with Gasteiger partial charge in [-0.2, -0.15) is 0 Å². The second kappa shape index (κ2) is 14.2. The van der Waals surface area contributed by atoms with Crippen LogP contribution in [-0.2, 0) is 35.1 Å². The molecule has 0 fully saturated rings. The molecule has 8 heteroatoms. The molecule has 1 aromatic carbocycles. The summed E-state index contributed by atoms with van der Waals surface area (Å²) in [6.45, 7) is 4.87. The van der Waals surface area contributed by atoms with Gasteiger partial charge in [0.05, 0.1) is 6.42 Å². The van der Waals surface area contributed by atoms with Crippen molar-refractivity contribution in [2.45, 2.75) is 52.9 Å². The minimum Gasteiger partial charge on any atom is -0.362 e. The van der Waals surface area contributed by atoms with Crippen LogP contribution in [-0.4, -0.2) is 56.0 Å². The number of unbranched alkanes of at least 4 members (excludes halogenated alkanes) is 1. The first-order valence-corrected chi connectivity index (χ1v) is 10.8. The molecule has 32 heavy (non-hydrogen) atoms. The lowest BCUT2D eigenvalue weighted by Crippen LogP contribution is -2.33. The van der Waals surface area contributed by atoms with Crippen molar-refractivity contribution in [2.24, 2.45) is 5.92 Å². The quantitative estimate of drug-likeness (QED) is 0.327. The van der Waals surface area contributed by atoms with Gasteiger partial charge in [-0.05, 0) is 44.4 Å². The van der Waals surface area contributed by atoms with E-state index in [1.807, 2.05) is 6.92 Å². The average Bonchev–Trinajstić information content (AvgIpc) is 2.72. The monoisotopic (exact) mass is 446 g/mol. The molecule has 0 aromatic heterocycles. The molecule has 0 saturated heterocycles. The third kappa shape index (κ3) is 10.9. The Labute approximate surface area is 189 Å². The van der Waals surface area contributed by atoms with Crippen LogP contribution in [0.2, 0.25) is 0 Å². The van der Waals surface area contributed by atoms with Crippen LogP contribution in [0.25, 0.3) is 0 Å². The Hall–Kier alpha value is -2.87. The van der Waals surface area contributed by atoms with Crippen LogP contribution < -0.4 is 10.2 Å². The zero-order chi connectivity index (χ0) is 24.1. The lowest BCUT2D eigenvalue weighted by molar-refractivity contribution is -0.130. The zero-order valence-corrected chi connectivity index (χ0v) is 19.4. The smallest absolute Gasteiger partial charge is 0.252 e. The maximum Gasteiger partial charge on any atom is 0.252 e. The van der Waals surface area contributed by atoms with E-state index in [0.717, 1.165) is 19.3 Å². The fourth-order valence-electron chi connectivity index (χ4n) is 2.97. The van der Waals surface area contributed by atoms with Crippen LogP contribution in [0.15, 0.2) is 24.3 Å². The number of benzene rings is 1. The van der Waals surface area contributed by atoms with E-state index in [1.165, 1.54) is 11.8 Å². The number of carbonyl (C=O) groups excluding carboxylic acids is 5. The molecule has 0 saturated carbocycles. The highest BCUT2D eigenvalue weighted by Gasteiger charge is 2.14. The Morgan fingerprint density at radius 2 is 1.78 bits per heavy atom. The van der Waals surface area contributed by atoms with Crippen molar-refractivity contribution in [2.75, 3.05) is 31.7 Å². The molecule has 0 bridgehead atoms. The number of ether oxygens (including phenoxy) is 1. The van der Waals surface area contributed by atoms with E-state index in [1.54, 1.807) is 38.2 Å². The molecule has 0 spiro atoms. The van der Waals surface area contributed by atoms with Gasteiger partial charge in [0.1, 0.15) is 30.6 Å². The summed E-state index contributed by atoms with van der Waals surface area (Å²) in [5, 5.41) is 2.73. The fraction of sp³-hybridized carbons (Fsp3) is 0.542. The number of likely N-dealkylation sites (N-methyl/N-ethyl adjacent to an activating group) is 1. The summed E-state index contributed by atoms with van der Waals surface area (Å²) in [5.41, 5.74) is 1.31. The van der Waals surface area contributed by atoms with Gasteiger partial charge in [-0.3, -0.25) is 24.0 Å². The van der Waals surface area contributed by atoms with Gasteiger partial charge in [0.2, 0.25) is 5.91 Å². The van der Waals surface area contributed by atoms with E-state index < -0.39 is 0 Å². The molecule has 2 amide bonds. The Bertz CT molecular complexity index is 820. The first kappa shape index (κ1) is 27.2. The van der Waals surface area contributed by atoms with Crippen LogP contribution in [0, 0.1) is 5.92 Å². The van der Waals surface area contributed by atoms with Crippen molar-refractivity contribution in [3.63, 3.8) is 0 Å². The summed E-state index contributed by atoms with van der Waals surface area (Å²) in [6.07, 6.45) is 2.45. The van der Waals surface area contributed by atoms with Gasteiger partial charge in [0.25, 0.3) is 5.91 Å². The molecule has 1 N–H and O–H groups in total. The van der Waals surface area contributed by atoms with Gasteiger partial charge in [-0.15, -0.1) is 0 Å². The summed E-state index contributed by atoms with van der Waals surface area (Å²) in [4.78, 5) is 59.7. The van der Waals surface area contributed by atoms with Crippen LogP contribution in [0.4, 0.5) is 5.69 Å². The largest absolute Gasteiger partial charge is 0.362 e. The maximum atomic E-state index is 12.4. The van der Waals surface area contributed by atoms with E-state index in [9.17, 15) is 24.0 Å². The number of Topliss-reactive ketones (excluding diaryl/α,β-unsaturated/α-hetero) is 3. The van der Waals surface area contributed by atoms with Gasteiger partial charge < -0.3 is 15.0 Å². The van der Waals surface area contributed by atoms with Crippen molar-refractivity contribution in [1.82, 2.24) is 5.32 Å². The molecule has 176 valence electrons. The van der Waals surface area contributed by atoms with Gasteiger partial charge in [-0.25, -0.2) is 0 Å². The summed E-state index contributed by atoms with van der Waals surface area (Å²) in [5.74, 6) is -0.771. The highest BCUT2D eigenvalue weighted by molar-refractivity contribution is 5.99. The number of anilines is 1. The zero-order valence-electron chi connectivity index (χ0n) is 19.4. The molecule has 0 heterocycles.